The Bertz CT molecular complexity index is 2010. The van der Waals surface area contributed by atoms with E-state index in [1.54, 1.807) is 0 Å². The van der Waals surface area contributed by atoms with E-state index in [1.807, 2.05) is 47.4 Å². The van der Waals surface area contributed by atoms with Crippen LogP contribution >= 0.6 is 11.6 Å². The van der Waals surface area contributed by atoms with Crippen LogP contribution in [0.25, 0.3) is 0 Å². The molecule has 2 atom stereocenters. The van der Waals surface area contributed by atoms with E-state index < -0.39 is 6.04 Å². The van der Waals surface area contributed by atoms with Crippen molar-refractivity contribution in [2.24, 2.45) is 11.3 Å². The summed E-state index contributed by atoms with van der Waals surface area (Å²) in [5, 5.41) is 15.2. The largest absolute Gasteiger partial charge is 0.374 e. The Morgan fingerprint density at radius 2 is 1.65 bits per heavy atom. The highest BCUT2D eigenvalue weighted by atomic mass is 35.5. The predicted molar refractivity (Wildman–Crippen MR) is 221 cm³/mol. The number of halogens is 2. The van der Waals surface area contributed by atoms with Crippen molar-refractivity contribution >= 4 is 46.4 Å². The van der Waals surface area contributed by atoms with Crippen LogP contribution in [-0.2, 0) is 9.59 Å². The highest BCUT2D eigenvalue weighted by Gasteiger charge is 2.44. The lowest BCUT2D eigenvalue weighted by Gasteiger charge is -2.40. The Morgan fingerprint density at radius 3 is 2.32 bits per heavy atom. The number of amides is 3. The lowest BCUT2D eigenvalue weighted by molar-refractivity contribution is -0.133. The molecule has 0 saturated carbocycles. The van der Waals surface area contributed by atoms with Crippen LogP contribution in [0.3, 0.4) is 0 Å². The maximum Gasteiger partial charge on any atom is 0.253 e. The minimum absolute atomic E-state index is 0.113. The number of likely N-dealkylation sites (tertiary alicyclic amines) is 2. The summed E-state index contributed by atoms with van der Waals surface area (Å²) >= 11 is 6.38. The second-order valence-electron chi connectivity index (χ2n) is 17.2. The van der Waals surface area contributed by atoms with Gasteiger partial charge in [0.05, 0.1) is 10.6 Å². The molecule has 5 aliphatic rings. The van der Waals surface area contributed by atoms with Crippen LogP contribution in [0.5, 0.6) is 0 Å². The van der Waals surface area contributed by atoms with Crippen LogP contribution in [-0.4, -0.2) is 92.0 Å². The summed E-state index contributed by atoms with van der Waals surface area (Å²) in [4.78, 5) is 46.5. The summed E-state index contributed by atoms with van der Waals surface area (Å²) in [6.45, 7) is 9.67. The molecule has 3 amide bonds. The molecule has 3 aromatic carbocycles. The number of hydrogen-bond donors (Lipinski definition) is 2. The highest BCUT2D eigenvalue weighted by Crippen LogP contribution is 2.46. The van der Waals surface area contributed by atoms with Crippen molar-refractivity contribution in [3.63, 3.8) is 0 Å². The summed E-state index contributed by atoms with van der Waals surface area (Å²) in [6, 6.07) is 21.2. The molecule has 2 N–H and O–H groups in total. The molecule has 0 bridgehead atoms. The molecule has 1 spiro atoms. The average molecular weight is 794 g/mol. The second kappa shape index (κ2) is 16.7. The van der Waals surface area contributed by atoms with Gasteiger partial charge in [0.25, 0.3) is 5.91 Å². The van der Waals surface area contributed by atoms with Crippen molar-refractivity contribution in [3.05, 3.63) is 88.2 Å². The molecular weight excluding hydrogens is 741 g/mol. The van der Waals surface area contributed by atoms with E-state index in [2.05, 4.69) is 50.5 Å². The Morgan fingerprint density at radius 1 is 0.930 bits per heavy atom. The number of rotatable bonds is 8. The predicted octanol–water partition coefficient (Wildman–Crippen LogP) is 7.19. The van der Waals surface area contributed by atoms with Gasteiger partial charge >= 0.3 is 0 Å². The fourth-order valence-electron chi connectivity index (χ4n) is 10.1. The zero-order valence-electron chi connectivity index (χ0n) is 32.8. The summed E-state index contributed by atoms with van der Waals surface area (Å²) in [5.74, 6) is -0.0742. The third kappa shape index (κ3) is 8.63. The van der Waals surface area contributed by atoms with Crippen LogP contribution in [0.2, 0.25) is 5.02 Å². The fourth-order valence-corrected chi connectivity index (χ4v) is 10.3. The fraction of sp³-hybridized carbons (Fsp3) is 0.511. The Labute approximate surface area is 340 Å². The number of hydrogen-bond acceptors (Lipinski definition) is 8. The first-order valence-corrected chi connectivity index (χ1v) is 21.2. The SMILES string of the molecule is C[C@@H]1CC2(CCN(c3ccc(C(=O)N4CCC(CN5CCC(c6ccc(N[C@@H]7CCC(=O)NC7=O)cc6F)CC5)CC4)cc3)CC2)CN1c1ccc(C#N)c(Cl)c1. The minimum Gasteiger partial charge on any atom is -0.374 e. The topological polar surface area (TPSA) is 112 Å². The van der Waals surface area contributed by atoms with E-state index in [9.17, 15) is 19.6 Å². The summed E-state index contributed by atoms with van der Waals surface area (Å²) in [5.41, 5.74) is 5.08. The van der Waals surface area contributed by atoms with Gasteiger partial charge in [0, 0.05) is 74.4 Å². The van der Waals surface area contributed by atoms with Crippen molar-refractivity contribution in [2.75, 3.05) is 67.5 Å². The number of piperidine rings is 4. The van der Waals surface area contributed by atoms with Gasteiger partial charge in [0.1, 0.15) is 17.9 Å². The van der Waals surface area contributed by atoms with Gasteiger partial charge in [-0.05, 0) is 149 Å². The zero-order valence-corrected chi connectivity index (χ0v) is 33.6. The molecule has 0 aliphatic carbocycles. The van der Waals surface area contributed by atoms with Crippen molar-refractivity contribution < 1.29 is 18.8 Å². The Balaban J connectivity index is 0.760. The van der Waals surface area contributed by atoms with Gasteiger partial charge in [-0.15, -0.1) is 0 Å². The lowest BCUT2D eigenvalue weighted by Crippen LogP contribution is -2.47. The molecule has 0 unspecified atom stereocenters. The summed E-state index contributed by atoms with van der Waals surface area (Å²) in [6.07, 6.45) is 7.83. The van der Waals surface area contributed by atoms with Crippen molar-refractivity contribution in [2.45, 2.75) is 82.7 Å². The maximum atomic E-state index is 15.2. The van der Waals surface area contributed by atoms with Gasteiger partial charge in [0.2, 0.25) is 11.8 Å². The first kappa shape index (κ1) is 39.2. The minimum atomic E-state index is -0.536. The standard InChI is InChI=1S/C45H53ClFN7O3/c1-30-26-45(29-54(30)37-8-4-34(27-48)39(46)25-37)16-22-52(23-17-45)36-6-2-33(3-7-36)44(57)53-20-12-31(13-21-53)28-51-18-14-32(15-19-51)38-9-5-35(24-40(38)47)49-41-10-11-42(55)50-43(41)56/h2-9,24-25,30-32,41,49H,10-23,26,28-29H2,1H3,(H,50,55,56)/t30-,41-/m1/s1. The molecule has 5 fully saturated rings. The molecule has 10 nitrogen and oxygen atoms in total. The number of nitrogens with one attached hydrogen (secondary N) is 2. The third-order valence-electron chi connectivity index (χ3n) is 13.5. The first-order chi connectivity index (χ1) is 27.6. The summed E-state index contributed by atoms with van der Waals surface area (Å²) < 4.78 is 15.2. The van der Waals surface area contributed by atoms with E-state index in [0.29, 0.717) is 34.7 Å². The van der Waals surface area contributed by atoms with E-state index in [-0.39, 0.29) is 41.3 Å². The average Bonchev–Trinajstić information content (AvgIpc) is 3.54. The van der Waals surface area contributed by atoms with E-state index in [1.165, 1.54) is 11.8 Å². The Kier molecular flexibility index (Phi) is 11.5. The Hall–Kier alpha value is -4.66. The van der Waals surface area contributed by atoms with Crippen LogP contribution < -0.4 is 20.4 Å². The molecule has 0 aromatic heterocycles. The molecule has 12 heteroatoms. The van der Waals surface area contributed by atoms with Crippen LogP contribution in [0.1, 0.15) is 92.1 Å². The zero-order chi connectivity index (χ0) is 39.7. The number of nitriles is 1. The van der Waals surface area contributed by atoms with Gasteiger partial charge in [-0.2, -0.15) is 5.26 Å². The van der Waals surface area contributed by atoms with E-state index in [0.717, 1.165) is 114 Å². The molecule has 3 aromatic rings. The van der Waals surface area contributed by atoms with Gasteiger partial charge in [-0.3, -0.25) is 19.7 Å². The first-order valence-electron chi connectivity index (χ1n) is 20.8. The molecule has 57 heavy (non-hydrogen) atoms. The van der Waals surface area contributed by atoms with Crippen LogP contribution in [0.4, 0.5) is 21.5 Å². The van der Waals surface area contributed by atoms with Crippen LogP contribution in [0.15, 0.2) is 60.7 Å². The molecule has 5 saturated heterocycles. The number of imide groups is 1. The molecule has 5 heterocycles. The molecule has 300 valence electrons. The van der Waals surface area contributed by atoms with E-state index >= 15 is 4.39 Å². The number of benzene rings is 3. The third-order valence-corrected chi connectivity index (χ3v) is 13.8. The van der Waals surface area contributed by atoms with Gasteiger partial charge in [-0.25, -0.2) is 4.39 Å². The van der Waals surface area contributed by atoms with Gasteiger partial charge in [0.15, 0.2) is 0 Å². The molecular formula is C45H53ClFN7O3. The van der Waals surface area contributed by atoms with E-state index in [4.69, 9.17) is 11.6 Å². The molecule has 5 aliphatic heterocycles. The quantitative estimate of drug-likeness (QED) is 0.231. The second-order valence-corrected chi connectivity index (χ2v) is 17.6. The molecule has 0 radical (unpaired) electrons. The highest BCUT2D eigenvalue weighted by molar-refractivity contribution is 6.32. The molecule has 8 rings (SSSR count). The number of nitrogens with zero attached hydrogens (tertiary/aromatic N) is 5. The van der Waals surface area contributed by atoms with Crippen molar-refractivity contribution in [1.29, 1.82) is 5.26 Å². The van der Waals surface area contributed by atoms with Crippen molar-refractivity contribution in [3.8, 4) is 6.07 Å². The van der Waals surface area contributed by atoms with Crippen LogP contribution in [0, 0.1) is 28.5 Å². The normalized spacial score (nSPS) is 23.4. The lowest BCUT2D eigenvalue weighted by atomic mass is 9.76. The number of anilines is 3. The number of carbonyl (C=O) groups is 3. The maximum absolute atomic E-state index is 15.2. The summed E-state index contributed by atoms with van der Waals surface area (Å²) in [7, 11) is 0. The number of carbonyl (C=O) groups excluding carboxylic acids is 3. The monoisotopic (exact) mass is 793 g/mol. The van der Waals surface area contributed by atoms with Gasteiger partial charge in [-0.1, -0.05) is 17.7 Å². The smallest absolute Gasteiger partial charge is 0.253 e. The van der Waals surface area contributed by atoms with Crippen molar-refractivity contribution in [1.82, 2.24) is 15.1 Å². The van der Waals surface area contributed by atoms with Gasteiger partial charge < -0.3 is 24.9 Å².